The van der Waals surface area contributed by atoms with Crippen molar-refractivity contribution in [3.8, 4) is 0 Å². The van der Waals surface area contributed by atoms with Crippen molar-refractivity contribution in [3.05, 3.63) is 69.6 Å². The molecule has 2 fully saturated rings. The summed E-state index contributed by atoms with van der Waals surface area (Å²) in [7, 11) is 1.71. The summed E-state index contributed by atoms with van der Waals surface area (Å²) in [6.45, 7) is 1.21. The molecule has 218 valence electrons. The first-order valence-electron chi connectivity index (χ1n) is 14.1. The Morgan fingerprint density at radius 2 is 1.83 bits per heavy atom. The lowest BCUT2D eigenvalue weighted by atomic mass is 9.90. The summed E-state index contributed by atoms with van der Waals surface area (Å²) >= 11 is 0. The average molecular weight is 568 g/mol. The van der Waals surface area contributed by atoms with Gasteiger partial charge in [0.2, 0.25) is 17.7 Å². The fourth-order valence-electron chi connectivity index (χ4n) is 6.22. The minimum atomic E-state index is -0.951. The van der Waals surface area contributed by atoms with Gasteiger partial charge in [0.05, 0.1) is 17.1 Å². The highest BCUT2D eigenvalue weighted by Crippen LogP contribution is 2.28. The number of carbonyl (C=O) groups is 3. The lowest BCUT2D eigenvalue weighted by molar-refractivity contribution is -0.136. The van der Waals surface area contributed by atoms with E-state index in [2.05, 4.69) is 5.32 Å². The molecule has 41 heavy (non-hydrogen) atoms. The predicted molar refractivity (Wildman–Crippen MR) is 149 cm³/mol. The number of para-hydroxylation sites is 1. The number of aryl methyl sites for hydroxylation is 2. The number of imide groups is 1. The molecule has 2 aliphatic heterocycles. The second kappa shape index (κ2) is 11.9. The van der Waals surface area contributed by atoms with E-state index >= 15 is 0 Å². The highest BCUT2D eigenvalue weighted by molar-refractivity contribution is 6.00. The maximum Gasteiger partial charge on any atom is 0.329 e. The molecule has 3 aromatic rings. The molecule has 1 unspecified atom stereocenters. The monoisotopic (exact) mass is 567 g/mol. The maximum absolute atomic E-state index is 13.5. The van der Waals surface area contributed by atoms with Gasteiger partial charge in [-0.2, -0.15) is 0 Å². The molecule has 0 bridgehead atoms. The van der Waals surface area contributed by atoms with E-state index in [0.29, 0.717) is 36.5 Å². The lowest BCUT2D eigenvalue weighted by Crippen LogP contribution is -2.48. The fourth-order valence-corrected chi connectivity index (χ4v) is 6.22. The minimum absolute atomic E-state index is 0.148. The van der Waals surface area contributed by atoms with Crippen molar-refractivity contribution in [2.45, 2.75) is 63.5 Å². The van der Waals surface area contributed by atoms with Crippen LogP contribution in [0.25, 0.3) is 11.0 Å². The Bertz CT molecular complexity index is 1540. The first-order chi connectivity index (χ1) is 19.6. The molecule has 0 aliphatic carbocycles. The number of hydrogen-bond acceptors (Lipinski definition) is 5. The largest absolute Gasteiger partial charge is 0.341 e. The summed E-state index contributed by atoms with van der Waals surface area (Å²) < 4.78 is 29.8. The van der Waals surface area contributed by atoms with Crippen molar-refractivity contribution < 1.29 is 23.2 Å². The summed E-state index contributed by atoms with van der Waals surface area (Å²) in [4.78, 5) is 51.9. The molecule has 9 nitrogen and oxygen atoms in total. The van der Waals surface area contributed by atoms with Gasteiger partial charge in [-0.25, -0.2) is 13.6 Å². The van der Waals surface area contributed by atoms with E-state index < -0.39 is 29.6 Å². The number of piperidine rings is 2. The number of amides is 3. The molecule has 2 atom stereocenters. The van der Waals surface area contributed by atoms with Crippen LogP contribution >= 0.6 is 0 Å². The number of nitrogens with two attached hydrogens (primary N) is 1. The molecule has 2 saturated heterocycles. The number of fused-ring (bicyclic) bond motifs is 1. The third-order valence-electron chi connectivity index (χ3n) is 8.45. The van der Waals surface area contributed by atoms with Crippen LogP contribution < -0.4 is 16.7 Å². The molecule has 3 N–H and O–H groups in total. The Kier molecular flexibility index (Phi) is 8.35. The molecule has 0 radical (unpaired) electrons. The van der Waals surface area contributed by atoms with Crippen LogP contribution in [0.15, 0.2) is 41.2 Å². The molecule has 0 saturated carbocycles. The molecule has 3 heterocycles. The van der Waals surface area contributed by atoms with Crippen molar-refractivity contribution in [2.24, 2.45) is 18.7 Å². The third-order valence-corrected chi connectivity index (χ3v) is 8.45. The van der Waals surface area contributed by atoms with Gasteiger partial charge in [-0.3, -0.25) is 28.8 Å². The number of nitrogens with one attached hydrogen (secondary N) is 1. The predicted octanol–water partition coefficient (Wildman–Crippen LogP) is 2.73. The van der Waals surface area contributed by atoms with Gasteiger partial charge in [0.15, 0.2) is 11.6 Å². The number of rotatable bonds is 8. The maximum atomic E-state index is 13.5. The van der Waals surface area contributed by atoms with E-state index in [0.717, 1.165) is 55.3 Å². The topological polar surface area (TPSA) is 119 Å². The number of hydrogen-bond donors (Lipinski definition) is 2. The zero-order chi connectivity index (χ0) is 29.3. The summed E-state index contributed by atoms with van der Waals surface area (Å²) in [5.41, 5.74) is 8.84. The molecule has 1 aromatic heterocycles. The molecule has 0 spiro atoms. The highest BCUT2D eigenvalue weighted by Gasteiger charge is 2.32. The quantitative estimate of drug-likeness (QED) is 0.406. The van der Waals surface area contributed by atoms with Crippen LogP contribution in [0.2, 0.25) is 0 Å². The van der Waals surface area contributed by atoms with Gasteiger partial charge in [-0.15, -0.1) is 0 Å². The van der Waals surface area contributed by atoms with Gasteiger partial charge in [-0.05, 0) is 80.2 Å². The molecule has 11 heteroatoms. The zero-order valence-electron chi connectivity index (χ0n) is 23.1. The lowest BCUT2D eigenvalue weighted by Gasteiger charge is -2.33. The number of nitrogens with zero attached hydrogens (tertiary/aromatic N) is 3. The van der Waals surface area contributed by atoms with E-state index in [4.69, 9.17) is 5.73 Å². The van der Waals surface area contributed by atoms with E-state index in [1.165, 1.54) is 10.6 Å². The smallest absolute Gasteiger partial charge is 0.329 e. The number of halogens is 2. The highest BCUT2D eigenvalue weighted by atomic mass is 19.2. The Hall–Kier alpha value is -3.86. The van der Waals surface area contributed by atoms with Crippen LogP contribution in [-0.4, -0.2) is 50.9 Å². The van der Waals surface area contributed by atoms with E-state index in [9.17, 15) is 28.0 Å². The van der Waals surface area contributed by atoms with Crippen molar-refractivity contribution >= 4 is 28.8 Å². The van der Waals surface area contributed by atoms with Crippen LogP contribution in [-0.2, 0) is 34.3 Å². The number of aromatic nitrogens is 2. The van der Waals surface area contributed by atoms with Crippen molar-refractivity contribution in [2.75, 3.05) is 13.1 Å². The van der Waals surface area contributed by atoms with Crippen molar-refractivity contribution in [1.29, 1.82) is 0 Å². The van der Waals surface area contributed by atoms with Crippen LogP contribution in [0.1, 0.15) is 55.7 Å². The Balaban J connectivity index is 1.16. The Morgan fingerprint density at radius 1 is 1.07 bits per heavy atom. The molecular weight excluding hydrogens is 532 g/mol. The standard InChI is InChI=1S/C30H35F2N5O4/c1-35-27-20(6-3-7-24(27)37(30(35)41)25-10-11-26(38)34-28(25)39)5-2-4-18-12-14-36(15-13-18)29(40)23(33)17-19-8-9-21(31)22(32)16-19/h3,6-9,16,18,23,25H,2,4-5,10-15,17,33H2,1H3,(H,34,38,39)/t23-,25?/m0/s1. The second-order valence-corrected chi connectivity index (χ2v) is 11.2. The number of likely N-dealkylation sites (tertiary alicyclic amines) is 1. The van der Waals surface area contributed by atoms with E-state index in [1.54, 1.807) is 16.5 Å². The second-order valence-electron chi connectivity index (χ2n) is 11.2. The van der Waals surface area contributed by atoms with Gasteiger partial charge in [0.25, 0.3) is 0 Å². The van der Waals surface area contributed by atoms with Gasteiger partial charge in [-0.1, -0.05) is 18.2 Å². The first kappa shape index (κ1) is 28.7. The van der Waals surface area contributed by atoms with Crippen LogP contribution in [0.4, 0.5) is 8.78 Å². The molecule has 5 rings (SSSR count). The van der Waals surface area contributed by atoms with Gasteiger partial charge >= 0.3 is 5.69 Å². The zero-order valence-corrected chi connectivity index (χ0v) is 23.1. The van der Waals surface area contributed by atoms with E-state index in [1.807, 2.05) is 18.2 Å². The number of imidazole rings is 1. The van der Waals surface area contributed by atoms with E-state index in [-0.39, 0.29) is 30.3 Å². The summed E-state index contributed by atoms with van der Waals surface area (Å²) in [6.07, 6.45) is 5.01. The average Bonchev–Trinajstić information content (AvgIpc) is 3.21. The molecule has 2 aliphatic rings. The van der Waals surface area contributed by atoms with Crippen LogP contribution in [0.5, 0.6) is 0 Å². The van der Waals surface area contributed by atoms with Crippen molar-refractivity contribution in [1.82, 2.24) is 19.4 Å². The summed E-state index contributed by atoms with van der Waals surface area (Å²) in [5, 5.41) is 2.34. The molecule has 3 amide bonds. The van der Waals surface area contributed by atoms with Gasteiger partial charge < -0.3 is 10.6 Å². The van der Waals surface area contributed by atoms with Gasteiger partial charge in [0, 0.05) is 26.6 Å². The summed E-state index contributed by atoms with van der Waals surface area (Å²) in [5.74, 6) is -2.37. The Labute approximate surface area is 236 Å². The third kappa shape index (κ3) is 5.95. The van der Waals surface area contributed by atoms with Crippen molar-refractivity contribution in [3.63, 3.8) is 0 Å². The van der Waals surface area contributed by atoms with Gasteiger partial charge in [0.1, 0.15) is 6.04 Å². The molecule has 2 aromatic carbocycles. The molecular formula is C30H35F2N5O4. The SMILES string of the molecule is Cn1c(=O)n(C2CCC(=O)NC2=O)c2cccc(CCCC3CCN(C(=O)[C@@H](N)Cc4ccc(F)c(F)c4)CC3)c21. The normalized spacial score (nSPS) is 19.0. The number of carbonyl (C=O) groups excluding carboxylic acids is 3. The number of benzene rings is 2. The van der Waals surface area contributed by atoms with Crippen LogP contribution in [0, 0.1) is 17.6 Å². The minimum Gasteiger partial charge on any atom is -0.341 e. The summed E-state index contributed by atoms with van der Waals surface area (Å²) in [6, 6.07) is 7.79. The first-order valence-corrected chi connectivity index (χ1v) is 14.1. The fraction of sp³-hybridized carbons (Fsp3) is 0.467. The Morgan fingerprint density at radius 3 is 2.54 bits per heavy atom. The van der Waals surface area contributed by atoms with Crippen LogP contribution in [0.3, 0.4) is 0 Å².